The van der Waals surface area contributed by atoms with E-state index in [0.717, 1.165) is 0 Å². The molecule has 124 valence electrons. The first-order valence-electron chi connectivity index (χ1n) is 8.14. The lowest BCUT2D eigenvalue weighted by molar-refractivity contribution is 0.690. The van der Waals surface area contributed by atoms with E-state index in [1.54, 1.807) is 0 Å². The zero-order valence-electron chi connectivity index (χ0n) is 15.3. The Morgan fingerprint density at radius 1 is 0.958 bits per heavy atom. The van der Waals surface area contributed by atoms with Crippen LogP contribution in [0.25, 0.3) is 0 Å². The van der Waals surface area contributed by atoms with Crippen LogP contribution in [0.3, 0.4) is 0 Å². The van der Waals surface area contributed by atoms with E-state index in [1.807, 2.05) is 0 Å². The van der Waals surface area contributed by atoms with E-state index >= 15 is 0 Å². The van der Waals surface area contributed by atoms with Crippen LogP contribution in [0.15, 0.2) is 54.1 Å². The second-order valence-electron chi connectivity index (χ2n) is 6.52. The molecule has 1 aliphatic rings. The van der Waals surface area contributed by atoms with Crippen molar-refractivity contribution in [3.05, 3.63) is 81.9 Å². The number of allylic oxidation sites excluding steroid dienone is 2. The fraction of sp³-hybridized carbons (Fsp3) is 0.333. The highest BCUT2D eigenvalue weighted by Gasteiger charge is 2.22. The van der Waals surface area contributed by atoms with Crippen LogP contribution in [0.2, 0.25) is 0 Å². The van der Waals surface area contributed by atoms with Crippen molar-refractivity contribution in [3.8, 4) is 0 Å². The minimum absolute atomic E-state index is 0.700. The summed E-state index contributed by atoms with van der Waals surface area (Å²) in [6, 6.07) is 15.3. The molecule has 0 aliphatic heterocycles. The van der Waals surface area contributed by atoms with Gasteiger partial charge in [0, 0.05) is 5.92 Å². The Hall–Kier alpha value is -1.43. The second kappa shape index (κ2) is 10.4. The first-order chi connectivity index (χ1) is 11.4. The van der Waals surface area contributed by atoms with Crippen molar-refractivity contribution in [1.29, 1.82) is 0 Å². The molecule has 0 bridgehead atoms. The largest absolute Gasteiger partial charge is 0.458 e. The number of fused-ring (bicyclic) bond motifs is 1. The third-order valence-corrected chi connectivity index (χ3v) is 3.79. The summed E-state index contributed by atoms with van der Waals surface area (Å²) in [6.45, 7) is 10.7. The number of hydrogen-bond acceptors (Lipinski definition) is 1. The molecule has 3 heteroatoms. The number of benzene rings is 2. The summed E-state index contributed by atoms with van der Waals surface area (Å²) >= 11 is 0. The van der Waals surface area contributed by atoms with Gasteiger partial charge < -0.3 is 4.12 Å². The molecule has 0 saturated carbocycles. The summed E-state index contributed by atoms with van der Waals surface area (Å²) < 4.78 is 3.86. The molecular formula is C21H26OSi2. The molecule has 0 amide bonds. The highest BCUT2D eigenvalue weighted by atomic mass is 28.3. The fourth-order valence-corrected chi connectivity index (χ4v) is 3.05. The van der Waals surface area contributed by atoms with Gasteiger partial charge in [0.1, 0.15) is 0 Å². The average Bonchev–Trinajstić information content (AvgIpc) is 2.44. The molecule has 24 heavy (non-hydrogen) atoms. The van der Waals surface area contributed by atoms with Crippen LogP contribution in [0.1, 0.15) is 47.6 Å². The van der Waals surface area contributed by atoms with E-state index < -0.39 is 0 Å². The Labute approximate surface area is 154 Å². The molecule has 0 N–H and O–H groups in total. The third-order valence-electron chi connectivity index (χ3n) is 3.79. The summed E-state index contributed by atoms with van der Waals surface area (Å²) in [6.07, 6.45) is 3.60. The lowest BCUT2D eigenvalue weighted by Gasteiger charge is -2.27. The lowest BCUT2D eigenvalue weighted by atomic mass is 9.77. The molecule has 6 radical (unpaired) electrons. The molecule has 0 fully saturated rings. The summed E-state index contributed by atoms with van der Waals surface area (Å²) in [5.41, 5.74) is 8.54. The second-order valence-corrected chi connectivity index (χ2v) is 7.34. The van der Waals surface area contributed by atoms with Crippen LogP contribution in [0.5, 0.6) is 0 Å². The van der Waals surface area contributed by atoms with E-state index in [4.69, 9.17) is 0 Å². The van der Waals surface area contributed by atoms with Gasteiger partial charge in [-0.1, -0.05) is 70.8 Å². The molecular weight excluding hydrogens is 324 g/mol. The minimum atomic E-state index is 0.700. The Bertz CT molecular complexity index is 623. The van der Waals surface area contributed by atoms with Gasteiger partial charge in [-0.15, -0.1) is 0 Å². The molecule has 3 rings (SSSR count). The van der Waals surface area contributed by atoms with E-state index in [9.17, 15) is 0 Å². The monoisotopic (exact) mass is 350 g/mol. The minimum Gasteiger partial charge on any atom is -0.458 e. The van der Waals surface area contributed by atoms with Crippen molar-refractivity contribution in [3.63, 3.8) is 0 Å². The number of hydrogen-bond donors (Lipinski definition) is 0. The normalized spacial score (nSPS) is 14.0. The van der Waals surface area contributed by atoms with Crippen molar-refractivity contribution >= 4 is 21.0 Å². The maximum Gasteiger partial charge on any atom is 0.229 e. The number of rotatable bonds is 1. The summed E-state index contributed by atoms with van der Waals surface area (Å²) in [5.74, 6) is 0.700. The Kier molecular flexibility index (Phi) is 8.97. The molecule has 0 heterocycles. The molecule has 1 unspecified atom stereocenters. The van der Waals surface area contributed by atoms with Gasteiger partial charge in [0.15, 0.2) is 0 Å². The quantitative estimate of drug-likeness (QED) is 0.515. The first-order valence-corrected chi connectivity index (χ1v) is 8.96. The smallest absolute Gasteiger partial charge is 0.229 e. The molecule has 1 atom stereocenters. The summed E-state index contributed by atoms with van der Waals surface area (Å²) in [4.78, 5) is 0. The van der Waals surface area contributed by atoms with Crippen molar-refractivity contribution in [2.45, 2.75) is 47.0 Å². The molecule has 2 aromatic carbocycles. The predicted molar refractivity (Wildman–Crippen MR) is 106 cm³/mol. The Morgan fingerprint density at radius 3 is 1.83 bits per heavy atom. The predicted octanol–water partition coefficient (Wildman–Crippen LogP) is 5.07. The van der Waals surface area contributed by atoms with Gasteiger partial charge in [-0.2, -0.15) is 0 Å². The van der Waals surface area contributed by atoms with Gasteiger partial charge in [-0.05, 0) is 52.2 Å². The van der Waals surface area contributed by atoms with Crippen molar-refractivity contribution < 1.29 is 4.12 Å². The molecule has 1 aliphatic carbocycles. The van der Waals surface area contributed by atoms with Gasteiger partial charge >= 0.3 is 0 Å². The van der Waals surface area contributed by atoms with Gasteiger partial charge in [0.2, 0.25) is 21.0 Å². The molecule has 2 aromatic rings. The van der Waals surface area contributed by atoms with Gasteiger partial charge in [0.05, 0.1) is 0 Å². The Balaban J connectivity index is 0.000000213. The van der Waals surface area contributed by atoms with E-state index in [0.29, 0.717) is 5.92 Å². The third kappa shape index (κ3) is 6.99. The Morgan fingerprint density at radius 2 is 1.42 bits per heavy atom. The van der Waals surface area contributed by atoms with E-state index in [2.05, 4.69) is 108 Å². The van der Waals surface area contributed by atoms with Gasteiger partial charge in [0.25, 0.3) is 0 Å². The fourth-order valence-electron chi connectivity index (χ4n) is 3.05. The van der Waals surface area contributed by atoms with Gasteiger partial charge in [-0.25, -0.2) is 0 Å². The maximum atomic E-state index is 3.86. The summed E-state index contributed by atoms with van der Waals surface area (Å²) in [5, 5.41) is 0. The SMILES string of the molecule is CC(C)=CC1Cc2ccccc21.Cc1cc(C)cc(C)c1.[Si]O[Si]. The maximum absolute atomic E-state index is 3.86. The van der Waals surface area contributed by atoms with Crippen LogP contribution >= 0.6 is 0 Å². The molecule has 1 nitrogen and oxygen atoms in total. The highest BCUT2D eigenvalue weighted by molar-refractivity contribution is 6.15. The zero-order chi connectivity index (χ0) is 18.1. The first kappa shape index (κ1) is 20.6. The van der Waals surface area contributed by atoms with Crippen LogP contribution in [-0.2, 0) is 10.5 Å². The van der Waals surface area contributed by atoms with E-state index in [1.165, 1.54) is 39.8 Å². The van der Waals surface area contributed by atoms with Crippen molar-refractivity contribution in [2.75, 3.05) is 0 Å². The molecule has 0 spiro atoms. The van der Waals surface area contributed by atoms with Crippen LogP contribution in [0.4, 0.5) is 0 Å². The standard InChI is InChI=1S/C12H14.C9H12.OSi2/c1-9(2)7-11-8-10-5-3-4-6-12(10)11;1-7-4-8(2)6-9(3)5-7;2-1-3/h3-7,11H,8H2,1-2H3;4-6H,1-3H3;. The van der Waals surface area contributed by atoms with Crippen LogP contribution in [-0.4, -0.2) is 21.0 Å². The average molecular weight is 351 g/mol. The van der Waals surface area contributed by atoms with Crippen LogP contribution < -0.4 is 0 Å². The van der Waals surface area contributed by atoms with Crippen molar-refractivity contribution in [2.24, 2.45) is 0 Å². The summed E-state index contributed by atoms with van der Waals surface area (Å²) in [7, 11) is 5.19. The lowest BCUT2D eigenvalue weighted by Crippen LogP contribution is -2.14. The van der Waals surface area contributed by atoms with Crippen molar-refractivity contribution in [1.82, 2.24) is 0 Å². The molecule has 0 saturated heterocycles. The van der Waals surface area contributed by atoms with Gasteiger partial charge in [-0.3, -0.25) is 0 Å². The molecule has 0 aromatic heterocycles. The van der Waals surface area contributed by atoms with Crippen LogP contribution in [0, 0.1) is 20.8 Å². The zero-order valence-corrected chi connectivity index (χ0v) is 17.3. The van der Waals surface area contributed by atoms with E-state index in [-0.39, 0.29) is 0 Å². The topological polar surface area (TPSA) is 9.23 Å². The number of aryl methyl sites for hydroxylation is 3. The highest BCUT2D eigenvalue weighted by Crippen LogP contribution is 2.36.